The van der Waals surface area contributed by atoms with Gasteiger partial charge >= 0.3 is 6.09 Å². The van der Waals surface area contributed by atoms with Crippen LogP contribution in [0.25, 0.3) is 0 Å². The van der Waals surface area contributed by atoms with Crippen molar-refractivity contribution in [1.29, 1.82) is 0 Å². The molecule has 1 aliphatic rings. The van der Waals surface area contributed by atoms with Crippen molar-refractivity contribution < 1.29 is 14.6 Å². The Kier molecular flexibility index (Phi) is 4.59. The van der Waals surface area contributed by atoms with Gasteiger partial charge in [-0.3, -0.25) is 0 Å². The quantitative estimate of drug-likeness (QED) is 0.777. The molecule has 94 valence electrons. The van der Waals surface area contributed by atoms with Crippen molar-refractivity contribution in [3.8, 4) is 0 Å². The Balaban J connectivity index is 2.26. The normalized spacial score (nSPS) is 25.5. The molecule has 2 N–H and O–H groups in total. The minimum atomic E-state index is -0.448. The van der Waals surface area contributed by atoms with Gasteiger partial charge in [0.15, 0.2) is 0 Å². The molecule has 0 heterocycles. The van der Waals surface area contributed by atoms with Crippen LogP contribution in [0.2, 0.25) is 0 Å². The monoisotopic (exact) mass is 229 g/mol. The van der Waals surface area contributed by atoms with Crippen molar-refractivity contribution in [2.45, 2.75) is 45.6 Å². The average Bonchev–Trinajstić information content (AvgIpc) is 2.59. The molecular weight excluding hydrogens is 206 g/mol. The predicted molar refractivity (Wildman–Crippen MR) is 62.2 cm³/mol. The zero-order valence-electron chi connectivity index (χ0n) is 10.5. The molecule has 0 radical (unpaired) electrons. The molecule has 2 atom stereocenters. The van der Waals surface area contributed by atoms with Gasteiger partial charge in [-0.1, -0.05) is 6.42 Å². The van der Waals surface area contributed by atoms with E-state index in [4.69, 9.17) is 9.84 Å². The van der Waals surface area contributed by atoms with Crippen molar-refractivity contribution in [3.63, 3.8) is 0 Å². The Hall–Kier alpha value is -0.770. The number of alkyl carbamates (subject to hydrolysis) is 1. The molecular formula is C12H23NO3. The maximum atomic E-state index is 11.4. The summed E-state index contributed by atoms with van der Waals surface area (Å²) >= 11 is 0. The zero-order valence-corrected chi connectivity index (χ0v) is 10.5. The fourth-order valence-corrected chi connectivity index (χ4v) is 2.15. The summed E-state index contributed by atoms with van der Waals surface area (Å²) in [5, 5.41) is 11.9. The fourth-order valence-electron chi connectivity index (χ4n) is 2.15. The van der Waals surface area contributed by atoms with Gasteiger partial charge in [0.05, 0.1) is 0 Å². The fraction of sp³-hybridized carbons (Fsp3) is 0.917. The molecule has 0 spiro atoms. The molecule has 0 saturated heterocycles. The number of amides is 1. The summed E-state index contributed by atoms with van der Waals surface area (Å²) in [4.78, 5) is 11.4. The lowest BCUT2D eigenvalue weighted by Crippen LogP contribution is -2.36. The van der Waals surface area contributed by atoms with Gasteiger partial charge in [-0.2, -0.15) is 0 Å². The van der Waals surface area contributed by atoms with Crippen molar-refractivity contribution in [3.05, 3.63) is 0 Å². The summed E-state index contributed by atoms with van der Waals surface area (Å²) in [6.07, 6.45) is 2.93. The third kappa shape index (κ3) is 4.39. The number of rotatable bonds is 3. The van der Waals surface area contributed by atoms with Crippen LogP contribution >= 0.6 is 0 Å². The molecule has 4 heteroatoms. The molecule has 1 fully saturated rings. The molecule has 16 heavy (non-hydrogen) atoms. The summed E-state index contributed by atoms with van der Waals surface area (Å²) in [6, 6.07) is 0. The Morgan fingerprint density at radius 2 is 2.00 bits per heavy atom. The molecule has 0 aromatic rings. The first-order chi connectivity index (χ1) is 7.42. The molecule has 0 aromatic carbocycles. The van der Waals surface area contributed by atoms with E-state index in [1.165, 1.54) is 0 Å². The third-order valence-corrected chi connectivity index (χ3v) is 2.96. The second-order valence-electron chi connectivity index (χ2n) is 5.52. The standard InChI is InChI=1S/C12H23NO3/c1-12(2,3)16-11(15)13-7-9-5-4-6-10(9)8-14/h9-10,14H,4-8H2,1-3H3,(H,13,15)/t9-,10+/m0/s1. The first-order valence-corrected chi connectivity index (χ1v) is 6.00. The summed E-state index contributed by atoms with van der Waals surface area (Å²) in [7, 11) is 0. The van der Waals surface area contributed by atoms with E-state index in [0.29, 0.717) is 18.4 Å². The van der Waals surface area contributed by atoms with E-state index < -0.39 is 5.60 Å². The van der Waals surface area contributed by atoms with Crippen molar-refractivity contribution >= 4 is 6.09 Å². The summed E-state index contributed by atoms with van der Waals surface area (Å²) in [5.41, 5.74) is -0.448. The van der Waals surface area contributed by atoms with Crippen molar-refractivity contribution in [1.82, 2.24) is 5.32 Å². The molecule has 1 aliphatic carbocycles. The maximum absolute atomic E-state index is 11.4. The van der Waals surface area contributed by atoms with Crippen LogP contribution in [0.4, 0.5) is 4.79 Å². The first kappa shape index (κ1) is 13.3. The number of hydrogen-bond donors (Lipinski definition) is 2. The number of nitrogens with one attached hydrogen (secondary N) is 1. The number of ether oxygens (including phenoxy) is 1. The van der Waals surface area contributed by atoms with Gasteiger partial charge in [0, 0.05) is 13.2 Å². The van der Waals surface area contributed by atoms with E-state index >= 15 is 0 Å². The third-order valence-electron chi connectivity index (χ3n) is 2.96. The van der Waals surface area contributed by atoms with Crippen LogP contribution in [-0.4, -0.2) is 30.0 Å². The Labute approximate surface area is 97.4 Å². The minimum Gasteiger partial charge on any atom is -0.444 e. The maximum Gasteiger partial charge on any atom is 0.407 e. The number of aliphatic hydroxyl groups is 1. The van der Waals surface area contributed by atoms with Crippen molar-refractivity contribution in [2.24, 2.45) is 11.8 Å². The number of carbonyl (C=O) groups excluding carboxylic acids is 1. The van der Waals surface area contributed by atoms with Crippen LogP contribution in [0, 0.1) is 11.8 Å². The van der Waals surface area contributed by atoms with Gasteiger partial charge in [0.25, 0.3) is 0 Å². The van der Waals surface area contributed by atoms with Crippen LogP contribution in [0.15, 0.2) is 0 Å². The summed E-state index contributed by atoms with van der Waals surface area (Å²) < 4.78 is 5.15. The van der Waals surface area contributed by atoms with Crippen LogP contribution in [-0.2, 0) is 4.74 Å². The first-order valence-electron chi connectivity index (χ1n) is 6.00. The largest absolute Gasteiger partial charge is 0.444 e. The molecule has 1 rings (SSSR count). The van der Waals surface area contributed by atoms with E-state index in [1.807, 2.05) is 20.8 Å². The van der Waals surface area contributed by atoms with E-state index in [2.05, 4.69) is 5.32 Å². The molecule has 1 amide bonds. The molecule has 1 saturated carbocycles. The van der Waals surface area contributed by atoms with E-state index in [0.717, 1.165) is 19.3 Å². The smallest absolute Gasteiger partial charge is 0.407 e. The van der Waals surface area contributed by atoms with E-state index in [9.17, 15) is 4.79 Å². The highest BCUT2D eigenvalue weighted by molar-refractivity contribution is 5.67. The Morgan fingerprint density at radius 1 is 1.38 bits per heavy atom. The number of aliphatic hydroxyl groups excluding tert-OH is 1. The number of carbonyl (C=O) groups is 1. The van der Waals surface area contributed by atoms with Crippen LogP contribution in [0.1, 0.15) is 40.0 Å². The average molecular weight is 229 g/mol. The highest BCUT2D eigenvalue weighted by Crippen LogP contribution is 2.30. The van der Waals surface area contributed by atoms with Gasteiger partial charge in [0.1, 0.15) is 5.60 Å². The van der Waals surface area contributed by atoms with E-state index in [1.54, 1.807) is 0 Å². The Morgan fingerprint density at radius 3 is 2.56 bits per heavy atom. The highest BCUT2D eigenvalue weighted by Gasteiger charge is 2.27. The zero-order chi connectivity index (χ0) is 12.2. The number of hydrogen-bond acceptors (Lipinski definition) is 3. The van der Waals surface area contributed by atoms with Gasteiger partial charge in [-0.25, -0.2) is 4.79 Å². The van der Waals surface area contributed by atoms with Gasteiger partial charge in [-0.15, -0.1) is 0 Å². The Bertz CT molecular complexity index is 235. The predicted octanol–water partition coefficient (Wildman–Crippen LogP) is 1.92. The van der Waals surface area contributed by atoms with Crippen LogP contribution < -0.4 is 5.32 Å². The second-order valence-corrected chi connectivity index (χ2v) is 5.52. The lowest BCUT2D eigenvalue weighted by atomic mass is 9.97. The molecule has 4 nitrogen and oxygen atoms in total. The summed E-state index contributed by atoms with van der Waals surface area (Å²) in [6.45, 7) is 6.37. The highest BCUT2D eigenvalue weighted by atomic mass is 16.6. The summed E-state index contributed by atoms with van der Waals surface area (Å²) in [5.74, 6) is 0.743. The lowest BCUT2D eigenvalue weighted by molar-refractivity contribution is 0.0511. The lowest BCUT2D eigenvalue weighted by Gasteiger charge is -2.22. The molecule has 0 unspecified atom stereocenters. The van der Waals surface area contributed by atoms with E-state index in [-0.39, 0.29) is 12.7 Å². The second kappa shape index (κ2) is 5.53. The minimum absolute atomic E-state index is 0.223. The van der Waals surface area contributed by atoms with Gasteiger partial charge in [0.2, 0.25) is 0 Å². The molecule has 0 bridgehead atoms. The van der Waals surface area contributed by atoms with Crippen LogP contribution in [0.3, 0.4) is 0 Å². The van der Waals surface area contributed by atoms with Gasteiger partial charge < -0.3 is 15.2 Å². The van der Waals surface area contributed by atoms with Crippen LogP contribution in [0.5, 0.6) is 0 Å². The molecule has 0 aliphatic heterocycles. The SMILES string of the molecule is CC(C)(C)OC(=O)NC[C@@H]1CCC[C@@H]1CO. The van der Waals surface area contributed by atoms with Crippen molar-refractivity contribution in [2.75, 3.05) is 13.2 Å². The molecule has 0 aromatic heterocycles. The topological polar surface area (TPSA) is 58.6 Å². The van der Waals surface area contributed by atoms with Gasteiger partial charge in [-0.05, 0) is 45.4 Å².